The first kappa shape index (κ1) is 20.4. The van der Waals surface area contributed by atoms with E-state index in [0.29, 0.717) is 24.4 Å². The van der Waals surface area contributed by atoms with E-state index >= 15 is 0 Å². The standard InChI is InChI=1S/C21H25NO5S/c1-17-10-11-18(16-20(17)28(24,25)22-12-6-3-7-13-22)21(23)27-15-14-26-19-8-4-2-5-9-19/h2,4-5,8-11,16H,3,6-7,12-15H2,1H3. The van der Waals surface area contributed by atoms with Crippen LogP contribution in [0.5, 0.6) is 5.75 Å². The number of ether oxygens (including phenoxy) is 2. The molecule has 0 aromatic heterocycles. The molecule has 3 rings (SSSR count). The van der Waals surface area contributed by atoms with Crippen LogP contribution in [0.25, 0.3) is 0 Å². The zero-order valence-corrected chi connectivity index (χ0v) is 16.8. The number of benzene rings is 2. The van der Waals surface area contributed by atoms with Gasteiger partial charge in [0.15, 0.2) is 0 Å². The summed E-state index contributed by atoms with van der Waals surface area (Å²) in [6.07, 6.45) is 2.77. The highest BCUT2D eigenvalue weighted by atomic mass is 32.2. The van der Waals surface area contributed by atoms with Crippen molar-refractivity contribution in [2.75, 3.05) is 26.3 Å². The van der Waals surface area contributed by atoms with Crippen molar-refractivity contribution >= 4 is 16.0 Å². The maximum absolute atomic E-state index is 13.0. The van der Waals surface area contributed by atoms with Gasteiger partial charge in [-0.3, -0.25) is 0 Å². The van der Waals surface area contributed by atoms with Crippen LogP contribution in [-0.4, -0.2) is 45.0 Å². The Morgan fingerprint density at radius 1 is 1.00 bits per heavy atom. The second-order valence-electron chi connectivity index (χ2n) is 6.74. The molecule has 2 aromatic rings. The Morgan fingerprint density at radius 3 is 2.43 bits per heavy atom. The molecule has 2 aromatic carbocycles. The smallest absolute Gasteiger partial charge is 0.338 e. The van der Waals surface area contributed by atoms with Crippen molar-refractivity contribution in [1.82, 2.24) is 4.31 Å². The molecule has 0 aliphatic carbocycles. The Kier molecular flexibility index (Phi) is 6.70. The summed E-state index contributed by atoms with van der Waals surface area (Å²) in [5.41, 5.74) is 0.843. The molecule has 0 radical (unpaired) electrons. The van der Waals surface area contributed by atoms with Crippen LogP contribution in [0.15, 0.2) is 53.4 Å². The summed E-state index contributed by atoms with van der Waals surface area (Å²) in [6, 6.07) is 13.9. The van der Waals surface area contributed by atoms with Crippen LogP contribution < -0.4 is 4.74 Å². The lowest BCUT2D eigenvalue weighted by Crippen LogP contribution is -2.36. The summed E-state index contributed by atoms with van der Waals surface area (Å²) in [4.78, 5) is 12.5. The van der Waals surface area contributed by atoms with E-state index in [1.54, 1.807) is 19.1 Å². The van der Waals surface area contributed by atoms with Crippen molar-refractivity contribution < 1.29 is 22.7 Å². The van der Waals surface area contributed by atoms with E-state index in [1.807, 2.05) is 30.3 Å². The van der Waals surface area contributed by atoms with E-state index < -0.39 is 16.0 Å². The third kappa shape index (κ3) is 4.91. The number of esters is 1. The largest absolute Gasteiger partial charge is 0.490 e. The van der Waals surface area contributed by atoms with Gasteiger partial charge in [-0.15, -0.1) is 0 Å². The molecule has 0 saturated carbocycles. The van der Waals surface area contributed by atoms with Crippen molar-refractivity contribution in [3.8, 4) is 5.75 Å². The second kappa shape index (κ2) is 9.21. The molecule has 0 atom stereocenters. The van der Waals surface area contributed by atoms with Crippen LogP contribution in [0, 0.1) is 6.92 Å². The highest BCUT2D eigenvalue weighted by Gasteiger charge is 2.28. The maximum atomic E-state index is 13.0. The molecule has 28 heavy (non-hydrogen) atoms. The minimum Gasteiger partial charge on any atom is -0.490 e. The molecule has 1 aliphatic rings. The number of carbonyl (C=O) groups is 1. The molecule has 1 heterocycles. The number of nitrogens with zero attached hydrogens (tertiary/aromatic N) is 1. The average Bonchev–Trinajstić information content (AvgIpc) is 2.72. The normalized spacial score (nSPS) is 15.2. The molecule has 1 aliphatic heterocycles. The van der Waals surface area contributed by atoms with Gasteiger partial charge in [-0.2, -0.15) is 4.31 Å². The van der Waals surface area contributed by atoms with Crippen molar-refractivity contribution in [3.63, 3.8) is 0 Å². The molecule has 0 N–H and O–H groups in total. The minimum atomic E-state index is -3.61. The van der Waals surface area contributed by atoms with Crippen LogP contribution in [0.4, 0.5) is 0 Å². The van der Waals surface area contributed by atoms with Crippen LogP contribution >= 0.6 is 0 Å². The quantitative estimate of drug-likeness (QED) is 0.523. The Balaban J connectivity index is 1.64. The van der Waals surface area contributed by atoms with Crippen LogP contribution in [0.3, 0.4) is 0 Å². The third-order valence-corrected chi connectivity index (χ3v) is 6.73. The van der Waals surface area contributed by atoms with Crippen molar-refractivity contribution in [2.24, 2.45) is 0 Å². The first-order valence-electron chi connectivity index (χ1n) is 9.44. The number of piperidine rings is 1. The number of hydrogen-bond acceptors (Lipinski definition) is 5. The number of carbonyl (C=O) groups excluding carboxylic acids is 1. The van der Waals surface area contributed by atoms with Gasteiger partial charge in [0.25, 0.3) is 0 Å². The first-order chi connectivity index (χ1) is 13.5. The topological polar surface area (TPSA) is 72.9 Å². The van der Waals surface area contributed by atoms with Gasteiger partial charge >= 0.3 is 5.97 Å². The molecule has 150 valence electrons. The summed E-state index contributed by atoms with van der Waals surface area (Å²) < 4.78 is 38.1. The predicted molar refractivity (Wildman–Crippen MR) is 106 cm³/mol. The molecule has 0 unspecified atom stereocenters. The van der Waals surface area contributed by atoms with Gasteiger partial charge in [0.2, 0.25) is 10.0 Å². The number of para-hydroxylation sites is 1. The van der Waals surface area contributed by atoms with Gasteiger partial charge in [-0.05, 0) is 49.6 Å². The van der Waals surface area contributed by atoms with Gasteiger partial charge in [-0.1, -0.05) is 30.7 Å². The Labute approximate surface area is 166 Å². The monoisotopic (exact) mass is 403 g/mol. The molecule has 1 saturated heterocycles. The van der Waals surface area contributed by atoms with Crippen molar-refractivity contribution in [2.45, 2.75) is 31.1 Å². The van der Waals surface area contributed by atoms with Crippen LogP contribution in [-0.2, 0) is 14.8 Å². The maximum Gasteiger partial charge on any atom is 0.338 e. The molecule has 6 nitrogen and oxygen atoms in total. The van der Waals surface area contributed by atoms with E-state index in [2.05, 4.69) is 0 Å². The SMILES string of the molecule is Cc1ccc(C(=O)OCCOc2ccccc2)cc1S(=O)(=O)N1CCCCC1. The van der Waals surface area contributed by atoms with Crippen molar-refractivity contribution in [1.29, 1.82) is 0 Å². The van der Waals surface area contributed by atoms with Gasteiger partial charge in [0, 0.05) is 13.1 Å². The van der Waals surface area contributed by atoms with E-state index in [-0.39, 0.29) is 23.7 Å². The fourth-order valence-electron chi connectivity index (χ4n) is 3.14. The predicted octanol–water partition coefficient (Wildman–Crippen LogP) is 3.41. The highest BCUT2D eigenvalue weighted by molar-refractivity contribution is 7.89. The van der Waals surface area contributed by atoms with E-state index in [9.17, 15) is 13.2 Å². The number of aryl methyl sites for hydroxylation is 1. The molecule has 0 spiro atoms. The molecular formula is C21H25NO5S. The van der Waals surface area contributed by atoms with Gasteiger partial charge in [0.1, 0.15) is 19.0 Å². The second-order valence-corrected chi connectivity index (χ2v) is 8.65. The zero-order valence-electron chi connectivity index (χ0n) is 16.0. The van der Waals surface area contributed by atoms with Crippen LogP contribution in [0.2, 0.25) is 0 Å². The lowest BCUT2D eigenvalue weighted by atomic mass is 10.1. The summed E-state index contributed by atoms with van der Waals surface area (Å²) in [7, 11) is -3.61. The Morgan fingerprint density at radius 2 is 1.71 bits per heavy atom. The van der Waals surface area contributed by atoms with Gasteiger partial charge in [-0.25, -0.2) is 13.2 Å². The fraction of sp³-hybridized carbons (Fsp3) is 0.381. The third-order valence-electron chi connectivity index (χ3n) is 4.69. The summed E-state index contributed by atoms with van der Waals surface area (Å²) >= 11 is 0. The van der Waals surface area contributed by atoms with Crippen molar-refractivity contribution in [3.05, 3.63) is 59.7 Å². The van der Waals surface area contributed by atoms with E-state index in [4.69, 9.17) is 9.47 Å². The zero-order chi connectivity index (χ0) is 20.0. The Bertz CT molecular complexity index is 906. The van der Waals surface area contributed by atoms with E-state index in [0.717, 1.165) is 19.3 Å². The molecular weight excluding hydrogens is 378 g/mol. The summed E-state index contributed by atoms with van der Waals surface area (Å²) in [5, 5.41) is 0. The lowest BCUT2D eigenvalue weighted by molar-refractivity contribution is 0.0450. The minimum absolute atomic E-state index is 0.0792. The molecule has 7 heteroatoms. The fourth-order valence-corrected chi connectivity index (χ4v) is 4.91. The highest BCUT2D eigenvalue weighted by Crippen LogP contribution is 2.24. The lowest BCUT2D eigenvalue weighted by Gasteiger charge is -2.26. The van der Waals surface area contributed by atoms with E-state index in [1.165, 1.54) is 10.4 Å². The first-order valence-corrected chi connectivity index (χ1v) is 10.9. The van der Waals surface area contributed by atoms with Crippen LogP contribution in [0.1, 0.15) is 35.2 Å². The molecule has 1 fully saturated rings. The number of rotatable bonds is 7. The van der Waals surface area contributed by atoms with Gasteiger partial charge < -0.3 is 9.47 Å². The summed E-state index contributed by atoms with van der Waals surface area (Å²) in [6.45, 7) is 3.08. The summed E-state index contributed by atoms with van der Waals surface area (Å²) in [5.74, 6) is 0.135. The Hall–Kier alpha value is -2.38. The number of sulfonamides is 1. The average molecular weight is 404 g/mol. The number of hydrogen-bond donors (Lipinski definition) is 0. The molecule has 0 bridgehead atoms. The molecule has 0 amide bonds. The van der Waals surface area contributed by atoms with Gasteiger partial charge in [0.05, 0.1) is 10.5 Å².